The Morgan fingerprint density at radius 2 is 1.83 bits per heavy atom. The number of aliphatic hydroxyl groups excluding tert-OH is 1. The first-order valence-electron chi connectivity index (χ1n) is 11.9. The van der Waals surface area contributed by atoms with Gasteiger partial charge in [-0.05, 0) is 71.2 Å². The van der Waals surface area contributed by atoms with Crippen LogP contribution in [0.15, 0.2) is 35.7 Å². The Hall–Kier alpha value is -2.79. The van der Waals surface area contributed by atoms with E-state index in [1.54, 1.807) is 12.1 Å². The van der Waals surface area contributed by atoms with E-state index in [-0.39, 0.29) is 5.91 Å². The zero-order valence-electron chi connectivity index (χ0n) is 21.8. The van der Waals surface area contributed by atoms with E-state index >= 15 is 0 Å². The van der Waals surface area contributed by atoms with Crippen molar-refractivity contribution in [3.63, 3.8) is 0 Å². The molecule has 0 saturated carbocycles. The molecule has 1 aromatic heterocycles. The lowest BCUT2D eigenvalue weighted by Crippen LogP contribution is -2.43. The molecule has 3 rings (SSSR count). The van der Waals surface area contributed by atoms with Crippen molar-refractivity contribution in [2.24, 2.45) is 0 Å². The predicted octanol–water partition coefficient (Wildman–Crippen LogP) is 4.60. The molecule has 196 valence electrons. The van der Waals surface area contributed by atoms with Gasteiger partial charge in [0.15, 0.2) is 5.01 Å². The van der Waals surface area contributed by atoms with Crippen LogP contribution in [0.25, 0.3) is 5.57 Å². The number of rotatable bonds is 7. The molecular weight excluding hydrogens is 480 g/mol. The number of hydrogen-bond acceptors (Lipinski definition) is 8. The molecule has 0 bridgehead atoms. The van der Waals surface area contributed by atoms with Crippen LogP contribution in [0, 0.1) is 0 Å². The zero-order chi connectivity index (χ0) is 26.5. The lowest BCUT2D eigenvalue weighted by Gasteiger charge is -2.34. The number of amides is 2. The smallest absolute Gasteiger partial charge is 0.407 e. The van der Waals surface area contributed by atoms with Crippen molar-refractivity contribution < 1.29 is 24.2 Å². The summed E-state index contributed by atoms with van der Waals surface area (Å²) in [6.07, 6.45) is 1.28. The van der Waals surface area contributed by atoms with E-state index in [0.29, 0.717) is 36.8 Å². The van der Waals surface area contributed by atoms with Gasteiger partial charge in [-0.25, -0.2) is 9.78 Å². The molecule has 2 aromatic rings. The molecular formula is C26H36N4O5S. The molecule has 0 saturated heterocycles. The highest BCUT2D eigenvalue weighted by molar-refractivity contribution is 7.12. The fraction of sp³-hybridized carbons (Fsp3) is 0.500. The predicted molar refractivity (Wildman–Crippen MR) is 141 cm³/mol. The van der Waals surface area contributed by atoms with E-state index in [4.69, 9.17) is 9.47 Å². The van der Waals surface area contributed by atoms with Crippen LogP contribution in [0.5, 0.6) is 0 Å². The van der Waals surface area contributed by atoms with Crippen LogP contribution in [0.1, 0.15) is 69.0 Å². The Morgan fingerprint density at radius 3 is 2.42 bits per heavy atom. The molecule has 2 amide bonds. The monoisotopic (exact) mass is 516 g/mol. The third kappa shape index (κ3) is 8.70. The summed E-state index contributed by atoms with van der Waals surface area (Å²) in [5.41, 5.74) is 2.36. The van der Waals surface area contributed by atoms with E-state index in [1.165, 1.54) is 11.3 Å². The van der Waals surface area contributed by atoms with Gasteiger partial charge in [0.25, 0.3) is 5.91 Å². The average Bonchev–Trinajstić information content (AvgIpc) is 3.27. The molecule has 0 fully saturated rings. The van der Waals surface area contributed by atoms with Crippen LogP contribution >= 0.6 is 11.3 Å². The van der Waals surface area contributed by atoms with Gasteiger partial charge in [0.1, 0.15) is 5.60 Å². The van der Waals surface area contributed by atoms with Crippen molar-refractivity contribution >= 4 is 34.6 Å². The summed E-state index contributed by atoms with van der Waals surface area (Å²) in [7, 11) is 0. The number of nitrogens with zero attached hydrogens (tertiary/aromatic N) is 2. The molecule has 0 aliphatic carbocycles. The Labute approximate surface area is 216 Å². The minimum absolute atomic E-state index is 0.280. The quantitative estimate of drug-likeness (QED) is 0.461. The first-order chi connectivity index (χ1) is 16.8. The lowest BCUT2D eigenvalue weighted by molar-refractivity contribution is -0.236. The summed E-state index contributed by atoms with van der Waals surface area (Å²) >= 11 is 1.29. The summed E-state index contributed by atoms with van der Waals surface area (Å²) in [4.78, 5) is 30.9. The molecule has 0 radical (unpaired) electrons. The van der Waals surface area contributed by atoms with Crippen molar-refractivity contribution in [3.05, 3.63) is 52.0 Å². The maximum atomic E-state index is 12.7. The molecule has 0 spiro atoms. The first-order valence-corrected chi connectivity index (χ1v) is 12.8. The number of aromatic nitrogens is 1. The number of anilines is 1. The van der Waals surface area contributed by atoms with Gasteiger partial charge in [0.05, 0.1) is 11.3 Å². The van der Waals surface area contributed by atoms with Crippen molar-refractivity contribution in [2.45, 2.75) is 72.1 Å². The van der Waals surface area contributed by atoms with Gasteiger partial charge in [-0.3, -0.25) is 9.69 Å². The van der Waals surface area contributed by atoms with Crippen LogP contribution in [0.2, 0.25) is 0 Å². The number of benzene rings is 1. The minimum atomic E-state index is -0.959. The van der Waals surface area contributed by atoms with Gasteiger partial charge in [-0.1, -0.05) is 18.2 Å². The van der Waals surface area contributed by atoms with Crippen molar-refractivity contribution in [3.8, 4) is 0 Å². The molecule has 1 unspecified atom stereocenters. The molecule has 36 heavy (non-hydrogen) atoms. The minimum Gasteiger partial charge on any atom is -0.444 e. The van der Waals surface area contributed by atoms with Gasteiger partial charge in [0, 0.05) is 30.7 Å². The number of carbonyl (C=O) groups excluding carboxylic acids is 2. The number of nitrogens with one attached hydrogen (secondary N) is 2. The number of carbonyl (C=O) groups is 2. The molecule has 3 N–H and O–H groups in total. The van der Waals surface area contributed by atoms with Gasteiger partial charge in [0.2, 0.25) is 6.41 Å². The molecule has 1 aliphatic rings. The van der Waals surface area contributed by atoms with E-state index in [1.807, 2.05) is 70.0 Å². The molecule has 2 heterocycles. The highest BCUT2D eigenvalue weighted by atomic mass is 32.1. The fourth-order valence-electron chi connectivity index (χ4n) is 3.41. The number of alkyl carbamates (subject to hydrolysis) is 1. The third-order valence-electron chi connectivity index (χ3n) is 5.09. The molecule has 10 heteroatoms. The van der Waals surface area contributed by atoms with Crippen LogP contribution < -0.4 is 10.6 Å². The molecule has 1 aromatic carbocycles. The Bertz CT molecular complexity index is 1080. The number of aliphatic hydroxyl groups is 1. The highest BCUT2D eigenvalue weighted by Crippen LogP contribution is 2.26. The van der Waals surface area contributed by atoms with E-state index < -0.39 is 23.7 Å². The Morgan fingerprint density at radius 1 is 1.14 bits per heavy atom. The summed E-state index contributed by atoms with van der Waals surface area (Å²) in [5, 5.41) is 18.1. The van der Waals surface area contributed by atoms with Crippen molar-refractivity contribution in [1.29, 1.82) is 0 Å². The largest absolute Gasteiger partial charge is 0.444 e. The van der Waals surface area contributed by atoms with Crippen LogP contribution in [-0.4, -0.2) is 57.7 Å². The summed E-state index contributed by atoms with van der Waals surface area (Å²) < 4.78 is 10.8. The van der Waals surface area contributed by atoms with E-state index in [9.17, 15) is 14.7 Å². The normalized spacial score (nSPS) is 15.7. The SMILES string of the molecule is CC(C)(C)OC(=O)NCc1ccc(NC(=O)c2nc(C3=CCN(C(O)OC(C)(C)C)CC3)cs2)cc1. The number of hydrogen-bond donors (Lipinski definition) is 3. The Balaban J connectivity index is 1.51. The van der Waals surface area contributed by atoms with E-state index in [0.717, 1.165) is 16.8 Å². The number of thiazole rings is 1. The zero-order valence-corrected chi connectivity index (χ0v) is 22.6. The fourth-order valence-corrected chi connectivity index (χ4v) is 4.15. The summed E-state index contributed by atoms with van der Waals surface area (Å²) in [5.74, 6) is -0.280. The second kappa shape index (κ2) is 11.5. The molecule has 9 nitrogen and oxygen atoms in total. The van der Waals surface area contributed by atoms with Gasteiger partial charge in [-0.15, -0.1) is 11.3 Å². The van der Waals surface area contributed by atoms with Crippen molar-refractivity contribution in [1.82, 2.24) is 15.2 Å². The van der Waals surface area contributed by atoms with Crippen LogP contribution in [-0.2, 0) is 16.0 Å². The topological polar surface area (TPSA) is 113 Å². The van der Waals surface area contributed by atoms with Crippen LogP contribution in [0.3, 0.4) is 0 Å². The molecule has 1 aliphatic heterocycles. The summed E-state index contributed by atoms with van der Waals surface area (Å²) in [6, 6.07) is 7.22. The third-order valence-corrected chi connectivity index (χ3v) is 5.93. The number of ether oxygens (including phenoxy) is 2. The van der Waals surface area contributed by atoms with E-state index in [2.05, 4.69) is 15.6 Å². The lowest BCUT2D eigenvalue weighted by atomic mass is 10.1. The first kappa shape index (κ1) is 27.8. The van der Waals surface area contributed by atoms with Crippen molar-refractivity contribution in [2.75, 3.05) is 18.4 Å². The average molecular weight is 517 g/mol. The van der Waals surface area contributed by atoms with Gasteiger partial charge >= 0.3 is 6.09 Å². The van der Waals surface area contributed by atoms with Gasteiger partial charge in [-0.2, -0.15) is 0 Å². The molecule has 1 atom stereocenters. The second-order valence-electron chi connectivity index (χ2n) is 10.6. The second-order valence-corrected chi connectivity index (χ2v) is 11.4. The Kier molecular flexibility index (Phi) is 8.89. The highest BCUT2D eigenvalue weighted by Gasteiger charge is 2.25. The van der Waals surface area contributed by atoms with Crippen LogP contribution in [0.4, 0.5) is 10.5 Å². The maximum absolute atomic E-state index is 12.7. The van der Waals surface area contributed by atoms with Gasteiger partial charge < -0.3 is 25.2 Å². The summed E-state index contributed by atoms with van der Waals surface area (Å²) in [6.45, 7) is 12.6. The standard InChI is InChI=1S/C26H36N4O5S/c1-25(2,3)34-23(32)27-15-17-7-9-19(10-8-17)28-21(31)22-29-20(16-36-22)18-11-13-30(14-12-18)24(33)35-26(4,5)6/h7-11,16,24,33H,12-15H2,1-6H3,(H,27,32)(H,28,31). The maximum Gasteiger partial charge on any atom is 0.407 e.